The molecule has 4 unspecified atom stereocenters. The summed E-state index contributed by atoms with van der Waals surface area (Å²) in [6, 6.07) is 6.52. The maximum Gasteiger partial charge on any atom is 0.115 e. The average molecular weight is 314 g/mol. The summed E-state index contributed by atoms with van der Waals surface area (Å²) in [6.45, 7) is 3.05. The van der Waals surface area contributed by atoms with E-state index >= 15 is 0 Å². The van der Waals surface area contributed by atoms with Crippen LogP contribution >= 0.6 is 0 Å². The molecule has 2 saturated heterocycles. The fourth-order valence-corrected chi connectivity index (χ4v) is 5.38. The van der Waals surface area contributed by atoms with Gasteiger partial charge in [-0.05, 0) is 67.8 Å². The van der Waals surface area contributed by atoms with Crippen molar-refractivity contribution in [2.75, 3.05) is 19.7 Å². The van der Waals surface area contributed by atoms with Crippen molar-refractivity contribution >= 4 is 0 Å². The second-order valence-corrected chi connectivity index (χ2v) is 8.18. The summed E-state index contributed by atoms with van der Waals surface area (Å²) in [5, 5.41) is 10.0. The maximum atomic E-state index is 10.0. The number of phenols is 1. The van der Waals surface area contributed by atoms with Gasteiger partial charge in [-0.15, -0.1) is 0 Å². The number of hydrogen-bond acceptors (Lipinski definition) is 4. The molecule has 0 aromatic heterocycles. The summed E-state index contributed by atoms with van der Waals surface area (Å²) in [5.74, 6) is 1.28. The van der Waals surface area contributed by atoms with Gasteiger partial charge in [0.1, 0.15) is 5.75 Å². The lowest BCUT2D eigenvalue weighted by molar-refractivity contribution is -0.134. The summed E-state index contributed by atoms with van der Waals surface area (Å²) >= 11 is 0. The maximum absolute atomic E-state index is 10.0. The number of nitrogens with two attached hydrogens (primary N) is 1. The Hall–Kier alpha value is -1.10. The van der Waals surface area contributed by atoms with Gasteiger partial charge >= 0.3 is 0 Å². The Morgan fingerprint density at radius 3 is 3.04 bits per heavy atom. The summed E-state index contributed by atoms with van der Waals surface area (Å²) < 4.78 is 6.33. The summed E-state index contributed by atoms with van der Waals surface area (Å²) in [6.07, 6.45) is 6.17. The van der Waals surface area contributed by atoms with E-state index in [1.807, 2.05) is 12.1 Å². The third-order valence-corrected chi connectivity index (χ3v) is 6.57. The Balaban J connectivity index is 1.58. The van der Waals surface area contributed by atoms with E-state index in [9.17, 15) is 5.11 Å². The van der Waals surface area contributed by atoms with Crippen molar-refractivity contribution in [3.8, 4) is 5.75 Å². The zero-order chi connectivity index (χ0) is 15.6. The molecule has 4 heteroatoms. The van der Waals surface area contributed by atoms with Crippen molar-refractivity contribution < 1.29 is 9.84 Å². The standard InChI is InChI=1S/C19H26N2O2/c20-14-9-19-5-6-21(10-12-1-2-12)17(18(19)23-11-14)7-13-3-4-15(22)8-16(13)19/h3-4,8,12,14,17-18,22H,1-2,5-7,9-11,20H2. The van der Waals surface area contributed by atoms with Gasteiger partial charge in [-0.25, -0.2) is 0 Å². The second kappa shape index (κ2) is 4.95. The number of ether oxygens (including phenoxy) is 1. The number of fused-ring (bicyclic) bond motifs is 1. The lowest BCUT2D eigenvalue weighted by Gasteiger charge is -2.59. The highest BCUT2D eigenvalue weighted by Gasteiger charge is 2.56. The van der Waals surface area contributed by atoms with Gasteiger partial charge in [-0.3, -0.25) is 4.90 Å². The molecule has 2 bridgehead atoms. The van der Waals surface area contributed by atoms with Crippen LogP contribution in [0.1, 0.15) is 36.8 Å². The van der Waals surface area contributed by atoms with Crippen molar-refractivity contribution in [2.45, 2.75) is 55.7 Å². The summed E-state index contributed by atoms with van der Waals surface area (Å²) in [7, 11) is 0. The molecule has 0 radical (unpaired) electrons. The molecular formula is C19H26N2O2. The first-order chi connectivity index (χ1) is 11.2. The number of rotatable bonds is 2. The van der Waals surface area contributed by atoms with Crippen LogP contribution in [0.25, 0.3) is 0 Å². The number of likely N-dealkylation sites (tertiary alicyclic amines) is 1. The van der Waals surface area contributed by atoms with E-state index in [0.29, 0.717) is 18.4 Å². The van der Waals surface area contributed by atoms with Crippen molar-refractivity contribution in [1.29, 1.82) is 0 Å². The molecule has 4 nitrogen and oxygen atoms in total. The molecule has 3 N–H and O–H groups in total. The van der Waals surface area contributed by atoms with E-state index in [2.05, 4.69) is 11.0 Å². The van der Waals surface area contributed by atoms with E-state index in [1.165, 1.54) is 30.5 Å². The van der Waals surface area contributed by atoms with E-state index in [4.69, 9.17) is 10.5 Å². The third-order valence-electron chi connectivity index (χ3n) is 6.57. The molecule has 2 aliphatic heterocycles. The summed E-state index contributed by atoms with van der Waals surface area (Å²) in [4.78, 5) is 2.69. The highest BCUT2D eigenvalue weighted by Crippen LogP contribution is 2.52. The number of nitrogens with zero attached hydrogens (tertiary/aromatic N) is 1. The van der Waals surface area contributed by atoms with E-state index < -0.39 is 0 Å². The Morgan fingerprint density at radius 2 is 2.22 bits per heavy atom. The second-order valence-electron chi connectivity index (χ2n) is 8.18. The first kappa shape index (κ1) is 14.3. The highest BCUT2D eigenvalue weighted by molar-refractivity contribution is 5.46. The minimum atomic E-state index is 0.00864. The van der Waals surface area contributed by atoms with Crippen LogP contribution in [-0.2, 0) is 16.6 Å². The first-order valence-electron chi connectivity index (χ1n) is 9.09. The molecule has 4 atom stereocenters. The number of phenolic OH excluding ortho intramolecular Hbond substituents is 1. The van der Waals surface area contributed by atoms with Crippen LogP contribution in [-0.4, -0.2) is 47.9 Å². The normalized spacial score (nSPS) is 39.6. The molecule has 1 saturated carbocycles. The van der Waals surface area contributed by atoms with E-state index in [-0.39, 0.29) is 17.6 Å². The molecule has 124 valence electrons. The molecule has 0 spiro atoms. The van der Waals surface area contributed by atoms with Crippen LogP contribution in [0.5, 0.6) is 5.75 Å². The lowest BCUT2D eigenvalue weighted by atomic mass is 9.58. The monoisotopic (exact) mass is 314 g/mol. The average Bonchev–Trinajstić information content (AvgIpc) is 3.34. The Labute approximate surface area is 137 Å². The van der Waals surface area contributed by atoms with Gasteiger partial charge < -0.3 is 15.6 Å². The van der Waals surface area contributed by atoms with Crippen LogP contribution in [0.15, 0.2) is 18.2 Å². The molecule has 23 heavy (non-hydrogen) atoms. The van der Waals surface area contributed by atoms with Crippen LogP contribution in [0.4, 0.5) is 0 Å². The van der Waals surface area contributed by atoms with Crippen molar-refractivity contribution in [3.05, 3.63) is 29.3 Å². The third kappa shape index (κ3) is 2.15. The molecule has 1 aromatic rings. The Kier molecular flexibility index (Phi) is 3.07. The zero-order valence-corrected chi connectivity index (χ0v) is 13.6. The molecule has 2 aliphatic carbocycles. The fourth-order valence-electron chi connectivity index (χ4n) is 5.38. The SMILES string of the molecule is NC1COC2C3Cc4ccc(O)cc4C2(CCN3CC2CC2)C1. The largest absolute Gasteiger partial charge is 0.508 e. The molecule has 5 rings (SSSR count). The number of piperidine rings is 1. The minimum absolute atomic E-state index is 0.00864. The van der Waals surface area contributed by atoms with Gasteiger partial charge in [0.25, 0.3) is 0 Å². The lowest BCUT2D eigenvalue weighted by Crippen LogP contribution is -2.68. The van der Waals surface area contributed by atoms with Gasteiger partial charge in [0.05, 0.1) is 12.7 Å². The number of hydrogen-bond donors (Lipinski definition) is 2. The molecule has 2 heterocycles. The highest BCUT2D eigenvalue weighted by atomic mass is 16.5. The van der Waals surface area contributed by atoms with Crippen LogP contribution in [0.3, 0.4) is 0 Å². The predicted molar refractivity (Wildman–Crippen MR) is 88.5 cm³/mol. The quantitative estimate of drug-likeness (QED) is 0.874. The summed E-state index contributed by atoms with van der Waals surface area (Å²) in [5.41, 5.74) is 9.00. The van der Waals surface area contributed by atoms with Gasteiger partial charge in [-0.1, -0.05) is 6.07 Å². The minimum Gasteiger partial charge on any atom is -0.508 e. The molecular weight excluding hydrogens is 288 g/mol. The first-order valence-corrected chi connectivity index (χ1v) is 9.09. The van der Waals surface area contributed by atoms with Gasteiger partial charge in [-0.2, -0.15) is 0 Å². The number of benzene rings is 1. The Bertz CT molecular complexity index is 630. The van der Waals surface area contributed by atoms with Gasteiger partial charge in [0, 0.05) is 24.0 Å². The number of aromatic hydroxyl groups is 1. The van der Waals surface area contributed by atoms with E-state index in [1.54, 1.807) is 0 Å². The predicted octanol–water partition coefficient (Wildman–Crippen LogP) is 1.79. The topological polar surface area (TPSA) is 58.7 Å². The Morgan fingerprint density at radius 1 is 1.35 bits per heavy atom. The molecule has 4 aliphatic rings. The van der Waals surface area contributed by atoms with Crippen molar-refractivity contribution in [1.82, 2.24) is 4.90 Å². The molecule has 1 aromatic carbocycles. The van der Waals surface area contributed by atoms with Gasteiger partial charge in [0.15, 0.2) is 0 Å². The van der Waals surface area contributed by atoms with Crippen LogP contribution in [0.2, 0.25) is 0 Å². The van der Waals surface area contributed by atoms with Crippen molar-refractivity contribution in [3.63, 3.8) is 0 Å². The van der Waals surface area contributed by atoms with E-state index in [0.717, 1.165) is 31.7 Å². The molecule has 0 amide bonds. The molecule has 3 fully saturated rings. The smallest absolute Gasteiger partial charge is 0.115 e. The fraction of sp³-hybridized carbons (Fsp3) is 0.684. The van der Waals surface area contributed by atoms with Gasteiger partial charge in [0.2, 0.25) is 0 Å². The van der Waals surface area contributed by atoms with Crippen LogP contribution < -0.4 is 5.73 Å². The zero-order valence-electron chi connectivity index (χ0n) is 13.6. The van der Waals surface area contributed by atoms with Crippen molar-refractivity contribution in [2.24, 2.45) is 11.7 Å². The van der Waals surface area contributed by atoms with Crippen LogP contribution in [0, 0.1) is 5.92 Å².